The van der Waals surface area contributed by atoms with Crippen LogP contribution in [0.15, 0.2) is 0 Å². The zero-order valence-corrected chi connectivity index (χ0v) is 6.92. The normalized spacial score (nSPS) is 10.8. The van der Waals surface area contributed by atoms with Gasteiger partial charge >= 0.3 is 6.18 Å². The highest BCUT2D eigenvalue weighted by Crippen LogP contribution is 2.24. The summed E-state index contributed by atoms with van der Waals surface area (Å²) in [5.41, 5.74) is 0. The Hall–Kier alpha value is -0.210. The standard InChI is InChI=1S/C4H7F3.C3H8/c1-3(2)4(5,6)7;1-3-2/h3H,1-2H3;3H2,1-2H3. The van der Waals surface area contributed by atoms with E-state index < -0.39 is 12.1 Å². The van der Waals surface area contributed by atoms with Crippen LogP contribution < -0.4 is 0 Å². The maximum absolute atomic E-state index is 11.2. The molecule has 3 heteroatoms. The smallest absolute Gasteiger partial charge is 0.171 e. The highest BCUT2D eigenvalue weighted by molar-refractivity contribution is 4.52. The van der Waals surface area contributed by atoms with E-state index in [0.717, 1.165) is 13.8 Å². The lowest BCUT2D eigenvalue weighted by atomic mass is 10.2. The number of alkyl halides is 3. The molecule has 0 spiro atoms. The SMILES string of the molecule is CC(C)C(F)(F)F.CCC. The van der Waals surface area contributed by atoms with Gasteiger partial charge in [0.25, 0.3) is 0 Å². The van der Waals surface area contributed by atoms with Gasteiger partial charge in [-0.1, -0.05) is 34.1 Å². The Kier molecular flexibility index (Phi) is 6.94. The van der Waals surface area contributed by atoms with Gasteiger partial charge in [-0.05, 0) is 0 Å². The summed E-state index contributed by atoms with van der Waals surface area (Å²) in [7, 11) is 0. The van der Waals surface area contributed by atoms with E-state index in [1.165, 1.54) is 6.42 Å². The van der Waals surface area contributed by atoms with Crippen molar-refractivity contribution < 1.29 is 13.2 Å². The average molecular weight is 156 g/mol. The largest absolute Gasteiger partial charge is 0.391 e. The molecule has 0 fully saturated rings. The first kappa shape index (κ1) is 12.5. The molecule has 0 rings (SSSR count). The molecule has 0 nitrogen and oxygen atoms in total. The molecule has 0 saturated carbocycles. The van der Waals surface area contributed by atoms with Gasteiger partial charge in [-0.2, -0.15) is 13.2 Å². The van der Waals surface area contributed by atoms with Gasteiger partial charge in [0, 0.05) is 5.92 Å². The summed E-state index contributed by atoms with van der Waals surface area (Å²) in [6.45, 7) is 6.50. The van der Waals surface area contributed by atoms with Crippen LogP contribution in [0.4, 0.5) is 13.2 Å². The molecular weight excluding hydrogens is 141 g/mol. The Balaban J connectivity index is 0. The van der Waals surface area contributed by atoms with Crippen LogP contribution in [0.2, 0.25) is 0 Å². The van der Waals surface area contributed by atoms with Gasteiger partial charge in [0.1, 0.15) is 0 Å². The van der Waals surface area contributed by atoms with E-state index in [1.807, 2.05) is 0 Å². The van der Waals surface area contributed by atoms with Crippen molar-refractivity contribution in [1.82, 2.24) is 0 Å². The molecule has 0 aromatic carbocycles. The predicted octanol–water partition coefficient (Wildman–Crippen LogP) is 3.62. The summed E-state index contributed by atoms with van der Waals surface area (Å²) in [6, 6.07) is 0. The third kappa shape index (κ3) is 10.7. The summed E-state index contributed by atoms with van der Waals surface area (Å²) in [6.07, 6.45) is -2.75. The minimum atomic E-state index is -4.00. The van der Waals surface area contributed by atoms with Crippen LogP contribution in [-0.2, 0) is 0 Å². The zero-order chi connectivity index (χ0) is 8.78. The summed E-state index contributed by atoms with van der Waals surface area (Å²) in [4.78, 5) is 0. The molecule has 0 bridgehead atoms. The third-order valence-corrected chi connectivity index (χ3v) is 0.655. The van der Waals surface area contributed by atoms with Crippen LogP contribution in [0.25, 0.3) is 0 Å². The molecule has 0 aliphatic heterocycles. The Morgan fingerprint density at radius 2 is 1.20 bits per heavy atom. The number of rotatable bonds is 0. The summed E-state index contributed by atoms with van der Waals surface area (Å²) < 4.78 is 33.5. The van der Waals surface area contributed by atoms with Gasteiger partial charge in [0.2, 0.25) is 0 Å². The van der Waals surface area contributed by atoms with Gasteiger partial charge in [-0.25, -0.2) is 0 Å². The van der Waals surface area contributed by atoms with Crippen molar-refractivity contribution in [2.24, 2.45) is 5.92 Å². The van der Waals surface area contributed by atoms with Crippen LogP contribution in [0.3, 0.4) is 0 Å². The molecule has 0 aromatic heterocycles. The van der Waals surface area contributed by atoms with E-state index in [1.54, 1.807) is 0 Å². The van der Waals surface area contributed by atoms with Crippen LogP contribution in [-0.4, -0.2) is 6.18 Å². The first-order chi connectivity index (χ1) is 4.36. The van der Waals surface area contributed by atoms with Gasteiger partial charge in [0.05, 0.1) is 0 Å². The van der Waals surface area contributed by atoms with E-state index in [2.05, 4.69) is 13.8 Å². The van der Waals surface area contributed by atoms with Crippen molar-refractivity contribution >= 4 is 0 Å². The second kappa shape index (κ2) is 5.57. The lowest BCUT2D eigenvalue weighted by Gasteiger charge is -2.07. The Morgan fingerprint density at radius 1 is 1.10 bits per heavy atom. The van der Waals surface area contributed by atoms with Crippen LogP contribution in [0.1, 0.15) is 34.1 Å². The first-order valence-electron chi connectivity index (χ1n) is 3.42. The molecule has 64 valence electrons. The topological polar surface area (TPSA) is 0 Å². The van der Waals surface area contributed by atoms with Gasteiger partial charge in [-0.3, -0.25) is 0 Å². The molecule has 10 heavy (non-hydrogen) atoms. The first-order valence-corrected chi connectivity index (χ1v) is 3.42. The lowest BCUT2D eigenvalue weighted by molar-refractivity contribution is -0.164. The molecule has 0 N–H and O–H groups in total. The average Bonchev–Trinajstić information content (AvgIpc) is 1.64. The molecule has 0 aliphatic rings. The zero-order valence-electron chi connectivity index (χ0n) is 6.92. The number of hydrogen-bond donors (Lipinski definition) is 0. The fourth-order valence-electron chi connectivity index (χ4n) is 0. The van der Waals surface area contributed by atoms with E-state index >= 15 is 0 Å². The van der Waals surface area contributed by atoms with Crippen LogP contribution in [0, 0.1) is 5.92 Å². The second-order valence-corrected chi connectivity index (χ2v) is 2.40. The monoisotopic (exact) mass is 156 g/mol. The minimum Gasteiger partial charge on any atom is -0.171 e. The molecule has 0 heterocycles. The number of hydrogen-bond acceptors (Lipinski definition) is 0. The van der Waals surface area contributed by atoms with Crippen molar-refractivity contribution in [2.45, 2.75) is 40.3 Å². The molecule has 0 amide bonds. The van der Waals surface area contributed by atoms with Gasteiger partial charge < -0.3 is 0 Å². The fourth-order valence-corrected chi connectivity index (χ4v) is 0. The quantitative estimate of drug-likeness (QED) is 0.502. The maximum Gasteiger partial charge on any atom is 0.391 e. The van der Waals surface area contributed by atoms with Crippen molar-refractivity contribution in [2.75, 3.05) is 0 Å². The lowest BCUT2D eigenvalue weighted by Crippen LogP contribution is -2.15. The van der Waals surface area contributed by atoms with E-state index in [4.69, 9.17) is 0 Å². The van der Waals surface area contributed by atoms with E-state index in [-0.39, 0.29) is 0 Å². The fraction of sp³-hybridized carbons (Fsp3) is 1.00. The molecule has 0 saturated heterocycles. The third-order valence-electron chi connectivity index (χ3n) is 0.655. The highest BCUT2D eigenvalue weighted by Gasteiger charge is 2.31. The summed E-state index contributed by atoms with van der Waals surface area (Å²) in [5.74, 6) is -1.20. The number of halogens is 3. The maximum atomic E-state index is 11.2. The van der Waals surface area contributed by atoms with Crippen molar-refractivity contribution in [1.29, 1.82) is 0 Å². The summed E-state index contributed by atoms with van der Waals surface area (Å²) >= 11 is 0. The van der Waals surface area contributed by atoms with Crippen LogP contribution in [0.5, 0.6) is 0 Å². The van der Waals surface area contributed by atoms with Crippen LogP contribution >= 0.6 is 0 Å². The highest BCUT2D eigenvalue weighted by atomic mass is 19.4. The van der Waals surface area contributed by atoms with Gasteiger partial charge in [-0.15, -0.1) is 0 Å². The molecule has 0 atom stereocenters. The molecule has 0 radical (unpaired) electrons. The van der Waals surface area contributed by atoms with Crippen molar-refractivity contribution in [3.8, 4) is 0 Å². The minimum absolute atomic E-state index is 1.12. The molecule has 0 unspecified atom stereocenters. The molecule has 0 aromatic rings. The Morgan fingerprint density at radius 3 is 1.20 bits per heavy atom. The van der Waals surface area contributed by atoms with E-state index in [9.17, 15) is 13.2 Å². The van der Waals surface area contributed by atoms with E-state index in [0.29, 0.717) is 0 Å². The van der Waals surface area contributed by atoms with Crippen molar-refractivity contribution in [3.05, 3.63) is 0 Å². The van der Waals surface area contributed by atoms with Crippen molar-refractivity contribution in [3.63, 3.8) is 0 Å². The second-order valence-electron chi connectivity index (χ2n) is 2.40. The Labute approximate surface area is 60.4 Å². The molecular formula is C7H15F3. The Bertz CT molecular complexity index is 63.7. The predicted molar refractivity (Wildman–Crippen MR) is 36.9 cm³/mol. The molecule has 0 aliphatic carbocycles. The summed E-state index contributed by atoms with van der Waals surface area (Å²) in [5, 5.41) is 0. The van der Waals surface area contributed by atoms with Gasteiger partial charge in [0.15, 0.2) is 0 Å².